The molecule has 98 valence electrons. The van der Waals surface area contributed by atoms with Crippen LogP contribution < -0.4 is 5.32 Å². The number of nitrogens with zero attached hydrogens (tertiary/aromatic N) is 2. The van der Waals surface area contributed by atoms with Crippen molar-refractivity contribution < 1.29 is 4.79 Å². The summed E-state index contributed by atoms with van der Waals surface area (Å²) in [6.45, 7) is 1.98. The Morgan fingerprint density at radius 2 is 1.80 bits per heavy atom. The molecule has 20 heavy (non-hydrogen) atoms. The number of amides is 1. The van der Waals surface area contributed by atoms with Gasteiger partial charge in [0.15, 0.2) is 5.82 Å². The molecule has 0 bridgehead atoms. The van der Waals surface area contributed by atoms with Crippen molar-refractivity contribution in [3.63, 3.8) is 0 Å². The molecule has 1 aromatic carbocycles. The minimum Gasteiger partial charge on any atom is -0.305 e. The van der Waals surface area contributed by atoms with Gasteiger partial charge < -0.3 is 5.32 Å². The fourth-order valence-corrected chi connectivity index (χ4v) is 1.98. The van der Waals surface area contributed by atoms with Crippen LogP contribution in [0.3, 0.4) is 0 Å². The molecule has 3 aromatic rings. The number of aryl methyl sites for hydroxylation is 1. The summed E-state index contributed by atoms with van der Waals surface area (Å²) in [6.07, 6.45) is 3.35. The summed E-state index contributed by atoms with van der Waals surface area (Å²) in [7, 11) is 0. The summed E-state index contributed by atoms with van der Waals surface area (Å²) >= 11 is 0. The number of rotatable bonds is 2. The summed E-state index contributed by atoms with van der Waals surface area (Å²) in [5.74, 6) is 0.296. The number of anilines is 1. The first-order valence-electron chi connectivity index (χ1n) is 6.32. The smallest absolute Gasteiger partial charge is 0.256 e. The van der Waals surface area contributed by atoms with Crippen LogP contribution in [0.25, 0.3) is 10.9 Å². The van der Waals surface area contributed by atoms with Crippen LogP contribution in [0.15, 0.2) is 54.9 Å². The third-order valence-corrected chi connectivity index (χ3v) is 3.07. The van der Waals surface area contributed by atoms with E-state index in [4.69, 9.17) is 0 Å². The summed E-state index contributed by atoms with van der Waals surface area (Å²) in [6, 6.07) is 13.1. The maximum Gasteiger partial charge on any atom is 0.256 e. The van der Waals surface area contributed by atoms with Gasteiger partial charge in [0, 0.05) is 23.3 Å². The fraction of sp³-hybridized carbons (Fsp3) is 0.0625. The van der Waals surface area contributed by atoms with Crippen LogP contribution in [-0.2, 0) is 0 Å². The molecule has 0 saturated carbocycles. The van der Waals surface area contributed by atoms with Crippen molar-refractivity contribution >= 4 is 22.6 Å². The highest BCUT2D eigenvalue weighted by molar-refractivity contribution is 6.07. The molecular weight excluding hydrogens is 250 g/mol. The van der Waals surface area contributed by atoms with Crippen LogP contribution in [0.1, 0.15) is 15.9 Å². The Bertz CT molecular complexity index is 761. The van der Waals surface area contributed by atoms with Crippen molar-refractivity contribution in [1.82, 2.24) is 9.97 Å². The van der Waals surface area contributed by atoms with Gasteiger partial charge in [-0.15, -0.1) is 0 Å². The second-order valence-corrected chi connectivity index (χ2v) is 4.55. The van der Waals surface area contributed by atoms with E-state index in [-0.39, 0.29) is 5.91 Å². The molecule has 0 radical (unpaired) electrons. The molecule has 0 aliphatic heterocycles. The van der Waals surface area contributed by atoms with E-state index in [0.29, 0.717) is 16.9 Å². The minimum atomic E-state index is -0.185. The normalized spacial score (nSPS) is 10.4. The zero-order chi connectivity index (χ0) is 13.9. The molecule has 0 atom stereocenters. The lowest BCUT2D eigenvalue weighted by Gasteiger charge is -2.07. The van der Waals surface area contributed by atoms with Gasteiger partial charge in [0.1, 0.15) is 5.52 Å². The number of benzene rings is 1. The number of hydrogen-bond donors (Lipinski definition) is 1. The molecule has 0 unspecified atom stereocenters. The number of carbonyl (C=O) groups is 1. The Labute approximate surface area is 116 Å². The molecule has 0 aliphatic rings. The highest BCUT2D eigenvalue weighted by Gasteiger charge is 2.09. The topological polar surface area (TPSA) is 54.9 Å². The average Bonchev–Trinajstić information content (AvgIpc) is 2.48. The van der Waals surface area contributed by atoms with Crippen molar-refractivity contribution in [2.45, 2.75) is 6.92 Å². The maximum absolute atomic E-state index is 12.2. The van der Waals surface area contributed by atoms with Crippen molar-refractivity contribution in [3.05, 3.63) is 66.0 Å². The lowest BCUT2D eigenvalue weighted by molar-refractivity contribution is 0.102. The molecule has 4 nitrogen and oxygen atoms in total. The molecule has 1 N–H and O–H groups in total. The number of hydrogen-bond acceptors (Lipinski definition) is 3. The third kappa shape index (κ3) is 2.36. The van der Waals surface area contributed by atoms with Crippen molar-refractivity contribution in [1.29, 1.82) is 0 Å². The zero-order valence-electron chi connectivity index (χ0n) is 11.0. The Morgan fingerprint density at radius 1 is 1.00 bits per heavy atom. The fourth-order valence-electron chi connectivity index (χ4n) is 1.98. The second kappa shape index (κ2) is 5.09. The first-order chi connectivity index (χ1) is 9.74. The molecule has 4 heteroatoms. The largest absolute Gasteiger partial charge is 0.305 e. The van der Waals surface area contributed by atoms with Gasteiger partial charge in [-0.2, -0.15) is 0 Å². The Kier molecular flexibility index (Phi) is 3.13. The lowest BCUT2D eigenvalue weighted by Crippen LogP contribution is -2.13. The maximum atomic E-state index is 12.2. The molecule has 0 aliphatic carbocycles. The highest BCUT2D eigenvalue weighted by atomic mass is 16.1. The molecule has 1 amide bonds. The van der Waals surface area contributed by atoms with E-state index in [1.807, 2.05) is 37.3 Å². The van der Waals surface area contributed by atoms with Gasteiger partial charge in [-0.25, -0.2) is 4.98 Å². The van der Waals surface area contributed by atoms with Crippen molar-refractivity contribution in [3.8, 4) is 0 Å². The van der Waals surface area contributed by atoms with Crippen LogP contribution in [-0.4, -0.2) is 15.9 Å². The highest BCUT2D eigenvalue weighted by Crippen LogP contribution is 2.18. The molecule has 0 saturated heterocycles. The van der Waals surface area contributed by atoms with Gasteiger partial charge in [0.25, 0.3) is 5.91 Å². The van der Waals surface area contributed by atoms with Crippen LogP contribution in [0, 0.1) is 6.92 Å². The van der Waals surface area contributed by atoms with E-state index in [1.54, 1.807) is 24.5 Å². The van der Waals surface area contributed by atoms with Gasteiger partial charge in [-0.1, -0.05) is 23.8 Å². The lowest BCUT2D eigenvalue weighted by atomic mass is 10.1. The third-order valence-electron chi connectivity index (χ3n) is 3.07. The number of nitrogens with one attached hydrogen (secondary N) is 1. The number of carbonyl (C=O) groups excluding carboxylic acids is 1. The van der Waals surface area contributed by atoms with Gasteiger partial charge in [0.05, 0.1) is 0 Å². The molecular formula is C16H13N3O. The van der Waals surface area contributed by atoms with Gasteiger partial charge in [-0.3, -0.25) is 9.78 Å². The Balaban J connectivity index is 1.93. The quantitative estimate of drug-likeness (QED) is 0.772. The first-order valence-corrected chi connectivity index (χ1v) is 6.32. The summed E-state index contributed by atoms with van der Waals surface area (Å²) in [5.41, 5.74) is 2.41. The standard InChI is InChI=1S/C16H13N3O/c1-11-4-6-13(7-5-11)16(20)19-15-14-12(8-10-18-15)3-2-9-17-14/h2-10H,1H3,(H,18,19,20). The molecule has 0 spiro atoms. The van der Waals surface area contributed by atoms with E-state index >= 15 is 0 Å². The van der Waals surface area contributed by atoms with E-state index in [0.717, 1.165) is 10.9 Å². The van der Waals surface area contributed by atoms with Crippen LogP contribution >= 0.6 is 0 Å². The molecule has 2 aromatic heterocycles. The van der Waals surface area contributed by atoms with E-state index in [9.17, 15) is 4.79 Å². The number of pyridine rings is 2. The second-order valence-electron chi connectivity index (χ2n) is 4.55. The summed E-state index contributed by atoms with van der Waals surface area (Å²) in [4.78, 5) is 20.7. The number of fused-ring (bicyclic) bond motifs is 1. The van der Waals surface area contributed by atoms with E-state index in [1.165, 1.54) is 0 Å². The van der Waals surface area contributed by atoms with Crippen molar-refractivity contribution in [2.75, 3.05) is 5.32 Å². The Hall–Kier alpha value is -2.75. The molecule has 0 fully saturated rings. The number of aromatic nitrogens is 2. The predicted octanol–water partition coefficient (Wildman–Crippen LogP) is 3.19. The average molecular weight is 263 g/mol. The Morgan fingerprint density at radius 3 is 2.60 bits per heavy atom. The predicted molar refractivity (Wildman–Crippen MR) is 78.7 cm³/mol. The van der Waals surface area contributed by atoms with E-state index < -0.39 is 0 Å². The van der Waals surface area contributed by atoms with Crippen LogP contribution in [0.4, 0.5) is 5.82 Å². The van der Waals surface area contributed by atoms with Gasteiger partial charge in [0.2, 0.25) is 0 Å². The van der Waals surface area contributed by atoms with Gasteiger partial charge >= 0.3 is 0 Å². The van der Waals surface area contributed by atoms with Gasteiger partial charge in [-0.05, 0) is 31.2 Å². The molecule has 3 rings (SSSR count). The minimum absolute atomic E-state index is 0.185. The zero-order valence-corrected chi connectivity index (χ0v) is 11.0. The summed E-state index contributed by atoms with van der Waals surface area (Å²) in [5, 5.41) is 3.75. The first kappa shape index (κ1) is 12.3. The SMILES string of the molecule is Cc1ccc(C(=O)Nc2nccc3cccnc23)cc1. The van der Waals surface area contributed by atoms with Crippen LogP contribution in [0.5, 0.6) is 0 Å². The van der Waals surface area contributed by atoms with E-state index in [2.05, 4.69) is 15.3 Å². The van der Waals surface area contributed by atoms with Crippen LogP contribution in [0.2, 0.25) is 0 Å². The summed E-state index contributed by atoms with van der Waals surface area (Å²) < 4.78 is 0. The monoisotopic (exact) mass is 263 g/mol. The van der Waals surface area contributed by atoms with Crippen molar-refractivity contribution in [2.24, 2.45) is 0 Å². The molecule has 2 heterocycles.